The molecule has 5 nitrogen and oxygen atoms in total. The Labute approximate surface area is 307 Å². The van der Waals surface area contributed by atoms with Crippen molar-refractivity contribution >= 4 is 87.5 Å². The highest BCUT2D eigenvalue weighted by molar-refractivity contribution is 6.23. The Bertz CT molecular complexity index is 3570. The summed E-state index contributed by atoms with van der Waals surface area (Å²) in [5, 5.41) is 19.6. The highest BCUT2D eigenvalue weighted by Gasteiger charge is 2.22. The molecule has 0 unspecified atom stereocenters. The van der Waals surface area contributed by atoms with Crippen molar-refractivity contribution in [3.8, 4) is 28.6 Å². The average molecular weight is 690 g/mol. The molecule has 54 heavy (non-hydrogen) atoms. The van der Waals surface area contributed by atoms with Crippen LogP contribution in [0.3, 0.4) is 0 Å². The molecule has 4 heterocycles. The van der Waals surface area contributed by atoms with Gasteiger partial charge in [-0.3, -0.25) is 0 Å². The molecular formula is C49H27N3O2. The van der Waals surface area contributed by atoms with Crippen LogP contribution in [0.1, 0.15) is 5.56 Å². The number of rotatable bonds is 3. The smallest absolute Gasteiger partial charge is 0.160 e. The maximum Gasteiger partial charge on any atom is 0.160 e. The van der Waals surface area contributed by atoms with E-state index in [2.05, 4.69) is 137 Å². The largest absolute Gasteiger partial charge is 0.454 e. The molecule has 0 saturated heterocycles. The molecule has 0 fully saturated rings. The molecular weight excluding hydrogens is 663 g/mol. The summed E-state index contributed by atoms with van der Waals surface area (Å²) in [5.74, 6) is 0. The van der Waals surface area contributed by atoms with E-state index < -0.39 is 0 Å². The third-order valence-corrected chi connectivity index (χ3v) is 11.2. The first kappa shape index (κ1) is 29.1. The zero-order valence-electron chi connectivity index (χ0n) is 28.7. The summed E-state index contributed by atoms with van der Waals surface area (Å²) in [6, 6.07) is 59.3. The zero-order chi connectivity index (χ0) is 35.5. The minimum absolute atomic E-state index is 0.585. The summed E-state index contributed by atoms with van der Waals surface area (Å²) in [4.78, 5) is 0. The molecule has 0 radical (unpaired) electrons. The van der Waals surface area contributed by atoms with Crippen LogP contribution in [0.5, 0.6) is 0 Å². The van der Waals surface area contributed by atoms with Crippen molar-refractivity contribution in [3.63, 3.8) is 0 Å². The number of hydrogen-bond acceptors (Lipinski definition) is 3. The molecule has 0 aliphatic carbocycles. The van der Waals surface area contributed by atoms with Crippen molar-refractivity contribution < 1.29 is 8.83 Å². The molecule has 0 aliphatic rings. The Morgan fingerprint density at radius 2 is 0.889 bits per heavy atom. The second-order valence-electron chi connectivity index (χ2n) is 14.0. The van der Waals surface area contributed by atoms with Crippen LogP contribution >= 0.6 is 0 Å². The maximum absolute atomic E-state index is 10.7. The topological polar surface area (TPSA) is 59.9 Å². The lowest BCUT2D eigenvalue weighted by Crippen LogP contribution is -1.98. The van der Waals surface area contributed by atoms with Gasteiger partial charge in [-0.05, 0) is 71.8 Å². The van der Waals surface area contributed by atoms with Crippen LogP contribution in [0.25, 0.3) is 110 Å². The van der Waals surface area contributed by atoms with Crippen molar-refractivity contribution in [1.82, 2.24) is 9.13 Å². The van der Waals surface area contributed by atoms with Crippen LogP contribution < -0.4 is 0 Å². The van der Waals surface area contributed by atoms with Crippen LogP contribution in [0.2, 0.25) is 0 Å². The molecule has 250 valence electrons. The number of para-hydroxylation sites is 4. The summed E-state index contributed by atoms with van der Waals surface area (Å²) in [7, 11) is 0. The average Bonchev–Trinajstić information content (AvgIpc) is 3.98. The standard InChI is InChI=1S/C49H27N3O2/c50-28-31-27-30(19-26-41(31)52-43-14-6-2-10-34(43)38-23-25-40-36-12-4-8-16-45(36)54-49(40)47(38)52)29-17-20-32(21-18-29)51-42-13-5-1-9-33(42)37-22-24-39-35-11-3-7-15-44(35)53-48(39)46(37)51/h1-27H. The molecule has 0 amide bonds. The molecule has 8 aromatic carbocycles. The van der Waals surface area contributed by atoms with Gasteiger partial charge in [0.2, 0.25) is 0 Å². The summed E-state index contributed by atoms with van der Waals surface area (Å²) in [5.41, 5.74) is 12.0. The van der Waals surface area contributed by atoms with E-state index in [1.807, 2.05) is 42.5 Å². The molecule has 0 N–H and O–H groups in total. The van der Waals surface area contributed by atoms with Gasteiger partial charge in [0.05, 0.1) is 33.3 Å². The van der Waals surface area contributed by atoms with Gasteiger partial charge in [-0.25, -0.2) is 0 Å². The minimum Gasteiger partial charge on any atom is -0.454 e. The Balaban J connectivity index is 1.02. The van der Waals surface area contributed by atoms with Crippen LogP contribution in [-0.4, -0.2) is 9.13 Å². The van der Waals surface area contributed by atoms with Gasteiger partial charge in [-0.15, -0.1) is 0 Å². The second kappa shape index (κ2) is 10.7. The van der Waals surface area contributed by atoms with E-state index in [0.717, 1.165) is 105 Å². The highest BCUT2D eigenvalue weighted by Crippen LogP contribution is 2.43. The summed E-state index contributed by atoms with van der Waals surface area (Å²) >= 11 is 0. The number of nitriles is 1. The fourth-order valence-corrected chi connectivity index (χ4v) is 8.78. The summed E-state index contributed by atoms with van der Waals surface area (Å²) in [6.07, 6.45) is 0. The molecule has 0 aliphatic heterocycles. The van der Waals surface area contributed by atoms with Gasteiger partial charge in [0.25, 0.3) is 0 Å². The molecule has 4 aromatic heterocycles. The van der Waals surface area contributed by atoms with Crippen molar-refractivity contribution in [2.75, 3.05) is 0 Å². The lowest BCUT2D eigenvalue weighted by molar-refractivity contribution is 0.670. The Kier molecular flexibility index (Phi) is 5.78. The van der Waals surface area contributed by atoms with Gasteiger partial charge in [-0.1, -0.05) is 103 Å². The van der Waals surface area contributed by atoms with E-state index in [-0.39, 0.29) is 0 Å². The number of hydrogen-bond donors (Lipinski definition) is 0. The fourth-order valence-electron chi connectivity index (χ4n) is 8.78. The van der Waals surface area contributed by atoms with Gasteiger partial charge in [0.15, 0.2) is 11.2 Å². The van der Waals surface area contributed by atoms with Crippen molar-refractivity contribution in [1.29, 1.82) is 5.26 Å². The Morgan fingerprint density at radius 1 is 0.407 bits per heavy atom. The molecule has 0 atom stereocenters. The number of fused-ring (bicyclic) bond motifs is 14. The lowest BCUT2D eigenvalue weighted by atomic mass is 10.0. The molecule has 12 rings (SSSR count). The number of furan rings is 2. The van der Waals surface area contributed by atoms with E-state index in [0.29, 0.717) is 5.56 Å². The monoisotopic (exact) mass is 689 g/mol. The van der Waals surface area contributed by atoms with E-state index in [9.17, 15) is 5.26 Å². The lowest BCUT2D eigenvalue weighted by Gasteiger charge is -2.13. The molecule has 0 bridgehead atoms. The molecule has 5 heteroatoms. The van der Waals surface area contributed by atoms with Crippen LogP contribution in [0, 0.1) is 11.3 Å². The quantitative estimate of drug-likeness (QED) is 0.185. The van der Waals surface area contributed by atoms with Crippen molar-refractivity contribution in [2.24, 2.45) is 0 Å². The third-order valence-electron chi connectivity index (χ3n) is 11.2. The fraction of sp³-hybridized carbons (Fsp3) is 0. The van der Waals surface area contributed by atoms with Gasteiger partial charge in [-0.2, -0.15) is 5.26 Å². The molecule has 0 spiro atoms. The Morgan fingerprint density at radius 3 is 1.48 bits per heavy atom. The van der Waals surface area contributed by atoms with Gasteiger partial charge >= 0.3 is 0 Å². The van der Waals surface area contributed by atoms with Crippen LogP contribution in [0.4, 0.5) is 0 Å². The highest BCUT2D eigenvalue weighted by atomic mass is 16.3. The van der Waals surface area contributed by atoms with Gasteiger partial charge in [0, 0.05) is 48.8 Å². The maximum atomic E-state index is 10.7. The van der Waals surface area contributed by atoms with E-state index in [1.165, 1.54) is 5.39 Å². The predicted octanol–water partition coefficient (Wildman–Crippen LogP) is 13.2. The second-order valence-corrected chi connectivity index (χ2v) is 14.0. The first-order chi connectivity index (χ1) is 26.7. The van der Waals surface area contributed by atoms with Crippen LogP contribution in [0.15, 0.2) is 173 Å². The van der Waals surface area contributed by atoms with E-state index in [1.54, 1.807) is 0 Å². The number of benzene rings is 8. The SMILES string of the molecule is N#Cc1cc(-c2ccc(-n3c4ccccc4c4ccc5c6ccccc6oc5c43)cc2)ccc1-n1c2ccccc2c2ccc3c4ccccc4oc3c21. The van der Waals surface area contributed by atoms with E-state index in [4.69, 9.17) is 8.83 Å². The van der Waals surface area contributed by atoms with Gasteiger partial charge < -0.3 is 18.0 Å². The first-order valence-corrected chi connectivity index (χ1v) is 18.1. The number of aromatic nitrogens is 2. The molecule has 0 saturated carbocycles. The van der Waals surface area contributed by atoms with E-state index >= 15 is 0 Å². The minimum atomic E-state index is 0.585. The van der Waals surface area contributed by atoms with Gasteiger partial charge in [0.1, 0.15) is 17.2 Å². The van der Waals surface area contributed by atoms with Crippen LogP contribution in [-0.2, 0) is 0 Å². The van der Waals surface area contributed by atoms with Crippen molar-refractivity contribution in [3.05, 3.63) is 169 Å². The third kappa shape index (κ3) is 3.86. The predicted molar refractivity (Wildman–Crippen MR) is 220 cm³/mol. The Hall–Kier alpha value is -7.55. The van der Waals surface area contributed by atoms with Crippen molar-refractivity contribution in [2.45, 2.75) is 0 Å². The molecule has 12 aromatic rings. The summed E-state index contributed by atoms with van der Waals surface area (Å²) in [6.45, 7) is 0. The zero-order valence-corrected chi connectivity index (χ0v) is 28.7. The normalized spacial score (nSPS) is 12.1. The first-order valence-electron chi connectivity index (χ1n) is 18.1. The number of nitrogens with zero attached hydrogens (tertiary/aromatic N) is 3. The summed E-state index contributed by atoms with van der Waals surface area (Å²) < 4.78 is 17.6.